The van der Waals surface area contributed by atoms with Gasteiger partial charge in [-0.1, -0.05) is 11.6 Å². The number of rotatable bonds is 3. The highest BCUT2D eigenvalue weighted by Crippen LogP contribution is 2.15. The van der Waals surface area contributed by atoms with Crippen LogP contribution >= 0.6 is 23.8 Å². The van der Waals surface area contributed by atoms with Crippen LogP contribution in [0, 0.1) is 6.92 Å². The number of benzene rings is 1. The Labute approximate surface area is 153 Å². The standard InChI is InChI=1S/C17H22ClN5S/c1-13-14(11-19-21(13)2)12-22-7-9-23(10-8-22)17(24)20-16-5-3-15(18)4-6-16/h3-6,11H,7-10,12H2,1-2H3,(H,20,24). The molecule has 0 aliphatic carbocycles. The van der Waals surface area contributed by atoms with Crippen molar-refractivity contribution in [3.63, 3.8) is 0 Å². The number of hydrogen-bond donors (Lipinski definition) is 1. The molecular weight excluding hydrogens is 342 g/mol. The van der Waals surface area contributed by atoms with Crippen molar-refractivity contribution in [2.45, 2.75) is 13.5 Å². The summed E-state index contributed by atoms with van der Waals surface area (Å²) >= 11 is 11.4. The minimum absolute atomic E-state index is 0.728. The lowest BCUT2D eigenvalue weighted by Crippen LogP contribution is -2.49. The van der Waals surface area contributed by atoms with Gasteiger partial charge in [0.25, 0.3) is 0 Å². The minimum Gasteiger partial charge on any atom is -0.346 e. The summed E-state index contributed by atoms with van der Waals surface area (Å²) < 4.78 is 1.93. The smallest absolute Gasteiger partial charge is 0.173 e. The van der Waals surface area contributed by atoms with Crippen LogP contribution in [0.4, 0.5) is 5.69 Å². The molecule has 0 radical (unpaired) electrons. The summed E-state index contributed by atoms with van der Waals surface area (Å²) in [7, 11) is 1.98. The van der Waals surface area contributed by atoms with Crippen molar-refractivity contribution in [3.05, 3.63) is 46.7 Å². The Kier molecular flexibility index (Phi) is 5.38. The molecule has 1 fully saturated rings. The molecule has 0 unspecified atom stereocenters. The summed E-state index contributed by atoms with van der Waals surface area (Å²) in [6.07, 6.45) is 1.97. The van der Waals surface area contributed by atoms with Gasteiger partial charge in [-0.15, -0.1) is 0 Å². The van der Waals surface area contributed by atoms with Gasteiger partial charge in [-0.2, -0.15) is 5.10 Å². The van der Waals surface area contributed by atoms with Crippen LogP contribution in [0.15, 0.2) is 30.5 Å². The molecule has 24 heavy (non-hydrogen) atoms. The molecule has 0 saturated carbocycles. The van der Waals surface area contributed by atoms with Crippen LogP contribution < -0.4 is 5.32 Å². The summed E-state index contributed by atoms with van der Waals surface area (Å²) in [5.74, 6) is 0. The molecule has 5 nitrogen and oxygen atoms in total. The van der Waals surface area contributed by atoms with Crippen LogP contribution in [-0.2, 0) is 13.6 Å². The first-order valence-electron chi connectivity index (χ1n) is 8.04. The highest BCUT2D eigenvalue weighted by molar-refractivity contribution is 7.80. The fourth-order valence-corrected chi connectivity index (χ4v) is 3.21. The van der Waals surface area contributed by atoms with E-state index in [9.17, 15) is 0 Å². The molecule has 1 N–H and O–H groups in total. The van der Waals surface area contributed by atoms with E-state index in [1.54, 1.807) is 0 Å². The molecule has 1 aliphatic rings. The second kappa shape index (κ2) is 7.51. The maximum absolute atomic E-state index is 5.91. The lowest BCUT2D eigenvalue weighted by molar-refractivity contribution is 0.176. The summed E-state index contributed by atoms with van der Waals surface area (Å²) in [6.45, 7) is 6.92. The van der Waals surface area contributed by atoms with Crippen molar-refractivity contribution < 1.29 is 0 Å². The van der Waals surface area contributed by atoms with E-state index < -0.39 is 0 Å². The Bertz CT molecular complexity index is 704. The van der Waals surface area contributed by atoms with Crippen molar-refractivity contribution in [3.8, 4) is 0 Å². The first-order valence-corrected chi connectivity index (χ1v) is 8.83. The number of aromatic nitrogens is 2. The van der Waals surface area contributed by atoms with Crippen molar-refractivity contribution in [1.82, 2.24) is 19.6 Å². The molecule has 128 valence electrons. The van der Waals surface area contributed by atoms with Crippen LogP contribution in [0.1, 0.15) is 11.3 Å². The number of aryl methyl sites for hydroxylation is 1. The molecule has 7 heteroatoms. The Balaban J connectivity index is 1.50. The topological polar surface area (TPSA) is 36.3 Å². The average Bonchev–Trinajstić information content (AvgIpc) is 2.90. The molecular formula is C17H22ClN5S. The Morgan fingerprint density at radius 2 is 1.88 bits per heavy atom. The van der Waals surface area contributed by atoms with Crippen molar-refractivity contribution >= 4 is 34.6 Å². The zero-order chi connectivity index (χ0) is 17.1. The van der Waals surface area contributed by atoms with E-state index in [2.05, 4.69) is 27.1 Å². The van der Waals surface area contributed by atoms with Crippen molar-refractivity contribution in [2.24, 2.45) is 7.05 Å². The molecule has 2 aromatic rings. The van der Waals surface area contributed by atoms with Crippen molar-refractivity contribution in [1.29, 1.82) is 0 Å². The third kappa shape index (κ3) is 4.06. The van der Waals surface area contributed by atoms with Gasteiger partial charge in [0.15, 0.2) is 5.11 Å². The number of nitrogens with one attached hydrogen (secondary N) is 1. The molecule has 1 aromatic heterocycles. The summed E-state index contributed by atoms with van der Waals surface area (Å²) in [5.41, 5.74) is 3.50. The highest BCUT2D eigenvalue weighted by atomic mass is 35.5. The van der Waals surface area contributed by atoms with Gasteiger partial charge in [0, 0.05) is 61.7 Å². The zero-order valence-corrected chi connectivity index (χ0v) is 15.6. The van der Waals surface area contributed by atoms with E-state index in [1.165, 1.54) is 11.3 Å². The van der Waals surface area contributed by atoms with Crippen LogP contribution in [0.5, 0.6) is 0 Å². The number of piperazine rings is 1. The van der Waals surface area contributed by atoms with Gasteiger partial charge < -0.3 is 10.2 Å². The maximum atomic E-state index is 5.91. The first kappa shape index (κ1) is 17.2. The zero-order valence-electron chi connectivity index (χ0n) is 14.0. The maximum Gasteiger partial charge on any atom is 0.173 e. The largest absolute Gasteiger partial charge is 0.346 e. The Hall–Kier alpha value is -1.63. The van der Waals surface area contributed by atoms with Gasteiger partial charge in [-0.25, -0.2) is 0 Å². The van der Waals surface area contributed by atoms with E-state index in [-0.39, 0.29) is 0 Å². The molecule has 1 aromatic carbocycles. The highest BCUT2D eigenvalue weighted by Gasteiger charge is 2.20. The third-order valence-corrected chi connectivity index (χ3v) is 5.10. The van der Waals surface area contributed by atoms with Crippen LogP contribution in [-0.4, -0.2) is 50.9 Å². The fraction of sp³-hybridized carbons (Fsp3) is 0.412. The van der Waals surface area contributed by atoms with Crippen molar-refractivity contribution in [2.75, 3.05) is 31.5 Å². The SMILES string of the molecule is Cc1c(CN2CCN(C(=S)Nc3ccc(Cl)cc3)CC2)cnn1C. The Morgan fingerprint density at radius 3 is 2.46 bits per heavy atom. The predicted octanol–water partition coefficient (Wildman–Crippen LogP) is 2.90. The van der Waals surface area contributed by atoms with Crippen LogP contribution in [0.25, 0.3) is 0 Å². The Morgan fingerprint density at radius 1 is 1.21 bits per heavy atom. The van der Waals surface area contributed by atoms with Crippen LogP contribution in [0.3, 0.4) is 0 Å². The summed E-state index contributed by atoms with van der Waals surface area (Å²) in [6, 6.07) is 7.60. The predicted molar refractivity (Wildman–Crippen MR) is 102 cm³/mol. The monoisotopic (exact) mass is 363 g/mol. The first-order chi connectivity index (χ1) is 11.5. The van der Waals surface area contributed by atoms with Gasteiger partial charge in [0.2, 0.25) is 0 Å². The molecule has 1 aliphatic heterocycles. The lowest BCUT2D eigenvalue weighted by atomic mass is 10.2. The van der Waals surface area contributed by atoms with Gasteiger partial charge in [0.1, 0.15) is 0 Å². The number of hydrogen-bond acceptors (Lipinski definition) is 3. The fourth-order valence-electron chi connectivity index (χ4n) is 2.79. The summed E-state index contributed by atoms with van der Waals surface area (Å²) in [4.78, 5) is 4.67. The molecule has 0 amide bonds. The van der Waals surface area contributed by atoms with Gasteiger partial charge >= 0.3 is 0 Å². The van der Waals surface area contributed by atoms with E-state index in [0.717, 1.165) is 48.5 Å². The molecule has 2 heterocycles. The number of anilines is 1. The molecule has 0 spiro atoms. The molecule has 0 atom stereocenters. The molecule has 1 saturated heterocycles. The lowest BCUT2D eigenvalue weighted by Gasteiger charge is -2.36. The second-order valence-corrected chi connectivity index (χ2v) is 6.90. The minimum atomic E-state index is 0.728. The average molecular weight is 364 g/mol. The molecule has 3 rings (SSSR count). The van der Waals surface area contributed by atoms with Crippen LogP contribution in [0.2, 0.25) is 5.02 Å². The quantitative estimate of drug-likeness (QED) is 0.848. The van der Waals surface area contributed by atoms with Gasteiger partial charge in [-0.3, -0.25) is 9.58 Å². The van der Waals surface area contributed by atoms with E-state index in [1.807, 2.05) is 42.2 Å². The van der Waals surface area contributed by atoms with Gasteiger partial charge in [-0.05, 0) is 43.4 Å². The normalized spacial score (nSPS) is 15.5. The third-order valence-electron chi connectivity index (χ3n) is 4.49. The number of thiocarbonyl (C=S) groups is 1. The van der Waals surface area contributed by atoms with E-state index in [0.29, 0.717) is 0 Å². The molecule has 0 bridgehead atoms. The number of halogens is 1. The number of nitrogens with zero attached hydrogens (tertiary/aromatic N) is 4. The van der Waals surface area contributed by atoms with E-state index in [4.69, 9.17) is 23.8 Å². The van der Waals surface area contributed by atoms with E-state index >= 15 is 0 Å². The second-order valence-electron chi connectivity index (χ2n) is 6.08. The summed E-state index contributed by atoms with van der Waals surface area (Å²) in [5, 5.41) is 9.10. The van der Waals surface area contributed by atoms with Gasteiger partial charge in [0.05, 0.1) is 6.20 Å².